The van der Waals surface area contributed by atoms with E-state index in [4.69, 9.17) is 18.6 Å². The summed E-state index contributed by atoms with van der Waals surface area (Å²) in [5.41, 5.74) is 0.818. The molecule has 0 saturated heterocycles. The zero-order valence-electron chi connectivity index (χ0n) is 16.8. The molecular formula is C22H24O6. The van der Waals surface area contributed by atoms with Crippen LogP contribution in [0, 0.1) is 0 Å². The molecule has 2 aromatic rings. The first-order chi connectivity index (χ1) is 13.0. The van der Waals surface area contributed by atoms with Crippen LogP contribution in [-0.2, 0) is 16.0 Å². The van der Waals surface area contributed by atoms with Gasteiger partial charge >= 0.3 is 11.6 Å². The summed E-state index contributed by atoms with van der Waals surface area (Å²) >= 11 is 0. The summed E-state index contributed by atoms with van der Waals surface area (Å²) in [6, 6.07) is 5.08. The Hall–Kier alpha value is -3.02. The number of esters is 1. The summed E-state index contributed by atoms with van der Waals surface area (Å²) in [5.74, 6) is 0.503. The Balaban J connectivity index is 1.92. The molecule has 1 aromatic carbocycles. The monoisotopic (exact) mass is 384 g/mol. The number of hydrogen-bond acceptors (Lipinski definition) is 6. The van der Waals surface area contributed by atoms with Crippen LogP contribution >= 0.6 is 0 Å². The molecule has 148 valence electrons. The van der Waals surface area contributed by atoms with Gasteiger partial charge in [0, 0.05) is 23.9 Å². The Morgan fingerprint density at radius 3 is 2.61 bits per heavy atom. The van der Waals surface area contributed by atoms with Gasteiger partial charge in [-0.1, -0.05) is 12.2 Å². The van der Waals surface area contributed by atoms with Gasteiger partial charge in [-0.25, -0.2) is 9.59 Å². The number of rotatable bonds is 5. The van der Waals surface area contributed by atoms with Crippen molar-refractivity contribution in [2.24, 2.45) is 0 Å². The molecule has 1 atom stereocenters. The zero-order chi connectivity index (χ0) is 20.6. The van der Waals surface area contributed by atoms with E-state index in [0.29, 0.717) is 28.9 Å². The minimum atomic E-state index is -0.719. The van der Waals surface area contributed by atoms with E-state index in [2.05, 4.69) is 6.58 Å². The molecule has 0 fully saturated rings. The third-order valence-corrected chi connectivity index (χ3v) is 4.39. The molecule has 3 rings (SSSR count). The molecule has 0 radical (unpaired) electrons. The fourth-order valence-electron chi connectivity index (χ4n) is 3.19. The van der Waals surface area contributed by atoms with Crippen LogP contribution in [0.2, 0.25) is 0 Å². The summed E-state index contributed by atoms with van der Waals surface area (Å²) in [6.45, 7) is 13.0. The Morgan fingerprint density at radius 1 is 1.25 bits per heavy atom. The van der Waals surface area contributed by atoms with Gasteiger partial charge in [0.05, 0.1) is 5.76 Å². The van der Waals surface area contributed by atoms with Gasteiger partial charge in [-0.3, -0.25) is 0 Å². The van der Waals surface area contributed by atoms with Crippen molar-refractivity contribution in [3.05, 3.63) is 58.2 Å². The summed E-state index contributed by atoms with van der Waals surface area (Å²) in [5, 5.41) is 0.654. The van der Waals surface area contributed by atoms with Crippen molar-refractivity contribution in [2.75, 3.05) is 0 Å². The van der Waals surface area contributed by atoms with Crippen molar-refractivity contribution in [3.8, 4) is 11.5 Å². The molecule has 0 aliphatic carbocycles. The van der Waals surface area contributed by atoms with E-state index >= 15 is 0 Å². The first-order valence-corrected chi connectivity index (χ1v) is 9.04. The largest absolute Gasteiger partial charge is 0.489 e. The van der Waals surface area contributed by atoms with E-state index in [1.54, 1.807) is 26.8 Å². The van der Waals surface area contributed by atoms with Crippen LogP contribution in [0.5, 0.6) is 11.5 Å². The fraction of sp³-hybridized carbons (Fsp3) is 0.364. The van der Waals surface area contributed by atoms with E-state index in [1.807, 2.05) is 19.9 Å². The Morgan fingerprint density at radius 2 is 1.96 bits per heavy atom. The van der Waals surface area contributed by atoms with Crippen molar-refractivity contribution in [2.45, 2.75) is 52.7 Å². The topological polar surface area (TPSA) is 75.0 Å². The molecular weight excluding hydrogens is 360 g/mol. The van der Waals surface area contributed by atoms with Crippen LogP contribution in [0.25, 0.3) is 11.0 Å². The molecule has 0 spiro atoms. The molecule has 1 aliphatic rings. The maximum atomic E-state index is 12.2. The second-order valence-electron chi connectivity index (χ2n) is 7.76. The van der Waals surface area contributed by atoms with Crippen molar-refractivity contribution in [3.63, 3.8) is 0 Å². The van der Waals surface area contributed by atoms with Gasteiger partial charge in [0.2, 0.25) is 5.75 Å². The van der Waals surface area contributed by atoms with Crippen LogP contribution in [0.1, 0.15) is 40.2 Å². The van der Waals surface area contributed by atoms with Gasteiger partial charge in [-0.05, 0) is 52.3 Å². The van der Waals surface area contributed by atoms with E-state index < -0.39 is 17.2 Å². The molecule has 0 saturated carbocycles. The molecule has 0 bridgehead atoms. The smallest absolute Gasteiger partial charge is 0.379 e. The van der Waals surface area contributed by atoms with Crippen LogP contribution in [-0.4, -0.2) is 17.7 Å². The fourth-order valence-corrected chi connectivity index (χ4v) is 3.19. The van der Waals surface area contributed by atoms with Gasteiger partial charge in [0.25, 0.3) is 0 Å². The Bertz CT molecular complexity index is 1040. The lowest BCUT2D eigenvalue weighted by Gasteiger charge is -2.31. The number of fused-ring (bicyclic) bond motifs is 2. The van der Waals surface area contributed by atoms with Crippen LogP contribution in [0.3, 0.4) is 0 Å². The Kier molecular flexibility index (Phi) is 5.06. The van der Waals surface area contributed by atoms with Crippen molar-refractivity contribution < 1.29 is 23.4 Å². The molecule has 1 aliphatic heterocycles. The van der Waals surface area contributed by atoms with Crippen LogP contribution in [0.4, 0.5) is 0 Å². The van der Waals surface area contributed by atoms with E-state index in [-0.39, 0.29) is 11.9 Å². The Labute approximate surface area is 163 Å². The van der Waals surface area contributed by atoms with Gasteiger partial charge in [0.15, 0.2) is 0 Å². The quantitative estimate of drug-likeness (QED) is 0.331. The maximum Gasteiger partial charge on any atom is 0.379 e. The molecule has 0 unspecified atom stereocenters. The van der Waals surface area contributed by atoms with Crippen LogP contribution < -0.4 is 15.1 Å². The molecule has 2 heterocycles. The van der Waals surface area contributed by atoms with Gasteiger partial charge in [-0.2, -0.15) is 0 Å². The molecule has 28 heavy (non-hydrogen) atoms. The second-order valence-corrected chi connectivity index (χ2v) is 7.76. The minimum Gasteiger partial charge on any atom is -0.489 e. The highest BCUT2D eigenvalue weighted by Crippen LogP contribution is 2.38. The molecule has 0 N–H and O–H groups in total. The maximum absolute atomic E-state index is 12.2. The van der Waals surface area contributed by atoms with E-state index in [9.17, 15) is 9.59 Å². The lowest BCUT2D eigenvalue weighted by molar-refractivity contribution is -0.129. The van der Waals surface area contributed by atoms with Gasteiger partial charge in [0.1, 0.15) is 23.0 Å². The number of ether oxygens (including phenoxy) is 3. The minimum absolute atomic E-state index is 0.142. The van der Waals surface area contributed by atoms with Crippen molar-refractivity contribution in [1.82, 2.24) is 0 Å². The highest BCUT2D eigenvalue weighted by atomic mass is 16.6. The SMILES string of the molecule is C=C(C)OC(C)(C)[C@@H]1Cc2cc3cc(OC(=O)C=C(C)C)c(=O)oc3cc2O1. The number of carbonyl (C=O) groups is 1. The average molecular weight is 384 g/mol. The third-order valence-electron chi connectivity index (χ3n) is 4.39. The predicted octanol–water partition coefficient (Wildman–Crippen LogP) is 4.30. The standard InChI is InChI=1S/C22H24O6/c1-12(2)7-20(23)26-18-9-14-8-15-10-19(22(5,6)28-13(3)4)25-16(15)11-17(14)27-21(18)24/h7-9,11,19H,3,10H2,1-2,4-6H3/t19-/m0/s1. The average Bonchev–Trinajstić information content (AvgIpc) is 2.95. The summed E-state index contributed by atoms with van der Waals surface area (Å²) in [7, 11) is 0. The van der Waals surface area contributed by atoms with Gasteiger partial charge < -0.3 is 18.6 Å². The molecule has 1 aromatic heterocycles. The summed E-state index contributed by atoms with van der Waals surface area (Å²) < 4.78 is 22.3. The highest BCUT2D eigenvalue weighted by Gasteiger charge is 2.38. The predicted molar refractivity (Wildman–Crippen MR) is 106 cm³/mol. The van der Waals surface area contributed by atoms with Gasteiger partial charge in [-0.15, -0.1) is 0 Å². The van der Waals surface area contributed by atoms with Crippen molar-refractivity contribution >= 4 is 16.9 Å². The summed E-state index contributed by atoms with van der Waals surface area (Å²) in [4.78, 5) is 24.0. The second kappa shape index (κ2) is 7.19. The lowest BCUT2D eigenvalue weighted by Crippen LogP contribution is -2.41. The number of carbonyl (C=O) groups excluding carboxylic acids is 1. The third kappa shape index (κ3) is 4.11. The molecule has 0 amide bonds. The normalized spacial score (nSPS) is 15.5. The lowest BCUT2D eigenvalue weighted by atomic mass is 9.96. The molecule has 6 nitrogen and oxygen atoms in total. The zero-order valence-corrected chi connectivity index (χ0v) is 16.8. The van der Waals surface area contributed by atoms with Crippen molar-refractivity contribution in [1.29, 1.82) is 0 Å². The highest BCUT2D eigenvalue weighted by molar-refractivity contribution is 5.86. The molecule has 6 heteroatoms. The summed E-state index contributed by atoms with van der Waals surface area (Å²) in [6.07, 6.45) is 1.74. The van der Waals surface area contributed by atoms with Crippen LogP contribution in [0.15, 0.2) is 51.4 Å². The van der Waals surface area contributed by atoms with E-state index in [1.165, 1.54) is 12.1 Å². The van der Waals surface area contributed by atoms with E-state index in [0.717, 1.165) is 11.1 Å². The first kappa shape index (κ1) is 19.7. The number of benzene rings is 1. The first-order valence-electron chi connectivity index (χ1n) is 9.04. The number of hydrogen-bond donors (Lipinski definition) is 0. The number of allylic oxidation sites excluding steroid dienone is 2.